The molecule has 0 radical (unpaired) electrons. The van der Waals surface area contributed by atoms with Crippen molar-refractivity contribution >= 4 is 31.3 Å². The molecule has 2 aromatic rings. The molecule has 0 aliphatic heterocycles. The Bertz CT molecular complexity index is 770. The molecular weight excluding hydrogens is 331 g/mol. The van der Waals surface area contributed by atoms with E-state index in [9.17, 15) is 8.42 Å². The van der Waals surface area contributed by atoms with E-state index in [1.165, 1.54) is 6.07 Å². The van der Waals surface area contributed by atoms with E-state index < -0.39 is 9.05 Å². The second-order valence-electron chi connectivity index (χ2n) is 4.73. The van der Waals surface area contributed by atoms with Crippen molar-refractivity contribution in [2.45, 2.75) is 25.3 Å². The van der Waals surface area contributed by atoms with E-state index in [0.29, 0.717) is 10.6 Å². The molecule has 2 aromatic carbocycles. The fourth-order valence-corrected chi connectivity index (χ4v) is 3.35. The average Bonchev–Trinajstić information content (AvgIpc) is 2.37. The molecule has 112 valence electrons. The maximum atomic E-state index is 11.7. The average molecular weight is 345 g/mol. The van der Waals surface area contributed by atoms with Gasteiger partial charge in [0.05, 0.1) is 0 Å². The zero-order valence-electron chi connectivity index (χ0n) is 11.6. The number of ether oxygens (including phenoxy) is 1. The quantitative estimate of drug-likeness (QED) is 0.768. The third kappa shape index (κ3) is 3.90. The first-order valence-corrected chi connectivity index (χ1v) is 8.90. The number of benzene rings is 2. The number of hydrogen-bond acceptors (Lipinski definition) is 3. The van der Waals surface area contributed by atoms with Gasteiger partial charge in [-0.2, -0.15) is 0 Å². The van der Waals surface area contributed by atoms with Crippen molar-refractivity contribution in [3.05, 3.63) is 58.1 Å². The fourth-order valence-electron chi connectivity index (χ4n) is 2.05. The van der Waals surface area contributed by atoms with Crippen molar-refractivity contribution in [3.8, 4) is 5.75 Å². The SMILES string of the molecule is Cc1cc(C)c(OCc2ccccc2Cl)c(S(=O)(=O)Cl)c1. The summed E-state index contributed by atoms with van der Waals surface area (Å²) in [5.41, 5.74) is 2.29. The van der Waals surface area contributed by atoms with Crippen molar-refractivity contribution < 1.29 is 13.2 Å². The van der Waals surface area contributed by atoms with E-state index in [0.717, 1.165) is 11.1 Å². The summed E-state index contributed by atoms with van der Waals surface area (Å²) in [6.45, 7) is 3.75. The summed E-state index contributed by atoms with van der Waals surface area (Å²) >= 11 is 6.06. The molecule has 2 rings (SSSR count). The molecule has 0 fully saturated rings. The molecule has 0 saturated carbocycles. The van der Waals surface area contributed by atoms with Gasteiger partial charge < -0.3 is 4.74 Å². The summed E-state index contributed by atoms with van der Waals surface area (Å²) in [5, 5.41) is 0.567. The smallest absolute Gasteiger partial charge is 0.265 e. The van der Waals surface area contributed by atoms with Crippen molar-refractivity contribution in [2.24, 2.45) is 0 Å². The maximum Gasteiger partial charge on any atom is 0.265 e. The summed E-state index contributed by atoms with van der Waals surface area (Å²) < 4.78 is 29.1. The Morgan fingerprint density at radius 2 is 1.81 bits per heavy atom. The van der Waals surface area contributed by atoms with Gasteiger partial charge in [0.25, 0.3) is 9.05 Å². The van der Waals surface area contributed by atoms with E-state index in [-0.39, 0.29) is 17.3 Å². The van der Waals surface area contributed by atoms with Crippen molar-refractivity contribution in [2.75, 3.05) is 0 Å². The van der Waals surface area contributed by atoms with Crippen LogP contribution in [-0.4, -0.2) is 8.42 Å². The van der Waals surface area contributed by atoms with Crippen LogP contribution in [0.5, 0.6) is 5.75 Å². The summed E-state index contributed by atoms with van der Waals surface area (Å²) in [7, 11) is 1.61. The lowest BCUT2D eigenvalue weighted by atomic mass is 10.1. The molecule has 0 aliphatic carbocycles. The van der Waals surface area contributed by atoms with Crippen LogP contribution in [0.2, 0.25) is 5.02 Å². The Balaban J connectivity index is 2.39. The van der Waals surface area contributed by atoms with Crippen molar-refractivity contribution in [1.29, 1.82) is 0 Å². The topological polar surface area (TPSA) is 43.4 Å². The van der Waals surface area contributed by atoms with E-state index in [1.54, 1.807) is 19.9 Å². The molecule has 0 saturated heterocycles. The predicted octanol–water partition coefficient (Wildman–Crippen LogP) is 4.46. The Labute approximate surface area is 133 Å². The summed E-state index contributed by atoms with van der Waals surface area (Å²) in [4.78, 5) is -0.0197. The van der Waals surface area contributed by atoms with Crippen LogP contribution in [0.15, 0.2) is 41.3 Å². The minimum Gasteiger partial charge on any atom is -0.487 e. The zero-order chi connectivity index (χ0) is 15.6. The summed E-state index contributed by atoms with van der Waals surface area (Å²) in [5.74, 6) is 0.260. The highest BCUT2D eigenvalue weighted by Gasteiger charge is 2.20. The molecule has 0 aliphatic rings. The van der Waals surface area contributed by atoms with Crippen molar-refractivity contribution in [1.82, 2.24) is 0 Å². The highest BCUT2D eigenvalue weighted by Crippen LogP contribution is 2.32. The third-order valence-electron chi connectivity index (χ3n) is 2.98. The number of halogens is 2. The van der Waals surface area contributed by atoms with Crippen LogP contribution in [0.3, 0.4) is 0 Å². The Morgan fingerprint density at radius 1 is 1.14 bits per heavy atom. The summed E-state index contributed by atoms with van der Waals surface area (Å²) in [6, 6.07) is 10.6. The highest BCUT2D eigenvalue weighted by atomic mass is 35.7. The van der Waals surface area contributed by atoms with Gasteiger partial charge in [-0.15, -0.1) is 0 Å². The first kappa shape index (κ1) is 16.1. The largest absolute Gasteiger partial charge is 0.487 e. The second-order valence-corrected chi connectivity index (χ2v) is 7.67. The molecule has 0 amide bonds. The Hall–Kier alpha value is -1.23. The molecule has 0 aromatic heterocycles. The second kappa shape index (κ2) is 6.26. The van der Waals surface area contributed by atoms with Crippen LogP contribution < -0.4 is 4.74 Å². The van der Waals surface area contributed by atoms with Gasteiger partial charge >= 0.3 is 0 Å². The first-order chi connectivity index (χ1) is 9.79. The van der Waals surface area contributed by atoms with Gasteiger partial charge in [0, 0.05) is 21.3 Å². The molecule has 0 heterocycles. The molecule has 0 bridgehead atoms. The summed E-state index contributed by atoms with van der Waals surface area (Å²) in [6.07, 6.45) is 0. The minimum absolute atomic E-state index is 0.0197. The molecule has 0 atom stereocenters. The predicted molar refractivity (Wildman–Crippen MR) is 84.7 cm³/mol. The zero-order valence-corrected chi connectivity index (χ0v) is 13.9. The first-order valence-electron chi connectivity index (χ1n) is 6.21. The lowest BCUT2D eigenvalue weighted by Gasteiger charge is -2.14. The van der Waals surface area contributed by atoms with Gasteiger partial charge in [0.1, 0.15) is 17.3 Å². The molecule has 21 heavy (non-hydrogen) atoms. The third-order valence-corrected chi connectivity index (χ3v) is 4.67. The molecule has 0 unspecified atom stereocenters. The van der Waals surface area contributed by atoms with Gasteiger partial charge in [-0.25, -0.2) is 8.42 Å². The van der Waals surface area contributed by atoms with Gasteiger partial charge in [0.15, 0.2) is 0 Å². The van der Waals surface area contributed by atoms with Crippen LogP contribution in [-0.2, 0) is 15.7 Å². The van der Waals surface area contributed by atoms with E-state index in [2.05, 4.69) is 0 Å². The fraction of sp³-hybridized carbons (Fsp3) is 0.200. The number of hydrogen-bond donors (Lipinski definition) is 0. The van der Waals surface area contributed by atoms with Crippen LogP contribution >= 0.6 is 22.3 Å². The normalized spacial score (nSPS) is 11.4. The van der Waals surface area contributed by atoms with Gasteiger partial charge in [-0.3, -0.25) is 0 Å². The molecule has 0 spiro atoms. The lowest BCUT2D eigenvalue weighted by molar-refractivity contribution is 0.296. The molecule has 3 nitrogen and oxygen atoms in total. The van der Waals surface area contributed by atoms with Crippen LogP contribution in [0.1, 0.15) is 16.7 Å². The Morgan fingerprint density at radius 3 is 2.43 bits per heavy atom. The van der Waals surface area contributed by atoms with Crippen LogP contribution in [0, 0.1) is 13.8 Å². The monoisotopic (exact) mass is 344 g/mol. The van der Waals surface area contributed by atoms with Gasteiger partial charge in [0.2, 0.25) is 0 Å². The van der Waals surface area contributed by atoms with E-state index in [1.807, 2.05) is 24.3 Å². The maximum absolute atomic E-state index is 11.7. The van der Waals surface area contributed by atoms with Crippen LogP contribution in [0.4, 0.5) is 0 Å². The Kier molecular flexibility index (Phi) is 4.81. The van der Waals surface area contributed by atoms with Crippen LogP contribution in [0.25, 0.3) is 0 Å². The van der Waals surface area contributed by atoms with E-state index >= 15 is 0 Å². The lowest BCUT2D eigenvalue weighted by Crippen LogP contribution is -2.03. The number of aryl methyl sites for hydroxylation is 2. The number of rotatable bonds is 4. The van der Waals surface area contributed by atoms with E-state index in [4.69, 9.17) is 27.0 Å². The standard InChI is InChI=1S/C15H14Cl2O3S/c1-10-7-11(2)15(14(8-10)21(17,18)19)20-9-12-5-3-4-6-13(12)16/h3-8H,9H2,1-2H3. The molecular formula is C15H14Cl2O3S. The molecule has 0 N–H and O–H groups in total. The molecule has 6 heteroatoms. The van der Waals surface area contributed by atoms with Gasteiger partial charge in [-0.1, -0.05) is 35.9 Å². The van der Waals surface area contributed by atoms with Crippen molar-refractivity contribution in [3.63, 3.8) is 0 Å². The van der Waals surface area contributed by atoms with Gasteiger partial charge in [-0.05, 0) is 37.1 Å². The minimum atomic E-state index is -3.88. The highest BCUT2D eigenvalue weighted by molar-refractivity contribution is 8.13.